The predicted octanol–water partition coefficient (Wildman–Crippen LogP) is 6.51. The van der Waals surface area contributed by atoms with E-state index in [1.807, 2.05) is 39.8 Å². The van der Waals surface area contributed by atoms with E-state index < -0.39 is 18.3 Å². The van der Waals surface area contributed by atoms with Crippen molar-refractivity contribution in [1.82, 2.24) is 0 Å². The SMILES string of the molecule is Cc1cccc(N(c2ccccc2)c2ccc3cc(B4OC(C)(C)C(C)(C)O4)oc3c2)c1. The van der Waals surface area contributed by atoms with Crippen LogP contribution in [0.15, 0.2) is 83.3 Å². The first-order valence-electron chi connectivity index (χ1n) is 11.0. The van der Waals surface area contributed by atoms with Gasteiger partial charge in [-0.2, -0.15) is 0 Å². The lowest BCUT2D eigenvalue weighted by Gasteiger charge is -2.32. The first kappa shape index (κ1) is 20.9. The Labute approximate surface area is 189 Å². The molecule has 0 atom stereocenters. The van der Waals surface area contributed by atoms with E-state index in [-0.39, 0.29) is 0 Å². The van der Waals surface area contributed by atoms with Gasteiger partial charge in [-0.1, -0.05) is 30.3 Å². The summed E-state index contributed by atoms with van der Waals surface area (Å²) in [5.41, 5.74) is 5.13. The number of aryl methyl sites for hydroxylation is 1. The van der Waals surface area contributed by atoms with Gasteiger partial charge in [-0.15, -0.1) is 0 Å². The number of hydrogen-bond acceptors (Lipinski definition) is 4. The summed E-state index contributed by atoms with van der Waals surface area (Å²) in [5, 5.41) is 1.02. The van der Waals surface area contributed by atoms with Crippen LogP contribution in [0.5, 0.6) is 0 Å². The van der Waals surface area contributed by atoms with Gasteiger partial charge in [-0.05, 0) is 82.6 Å². The fraction of sp³-hybridized carbons (Fsp3) is 0.259. The Bertz CT molecular complexity index is 1250. The van der Waals surface area contributed by atoms with Crippen LogP contribution in [0.3, 0.4) is 0 Å². The number of anilines is 3. The van der Waals surface area contributed by atoms with Crippen molar-refractivity contribution in [1.29, 1.82) is 0 Å². The number of fused-ring (bicyclic) bond motifs is 1. The number of rotatable bonds is 4. The van der Waals surface area contributed by atoms with E-state index in [9.17, 15) is 0 Å². The third-order valence-electron chi connectivity index (χ3n) is 6.54. The van der Waals surface area contributed by atoms with Crippen molar-refractivity contribution in [2.75, 3.05) is 4.90 Å². The van der Waals surface area contributed by atoms with Crippen molar-refractivity contribution < 1.29 is 13.7 Å². The van der Waals surface area contributed by atoms with Crippen molar-refractivity contribution in [3.05, 3.63) is 84.4 Å². The molecule has 0 unspecified atom stereocenters. The molecule has 162 valence electrons. The maximum absolute atomic E-state index is 6.25. The quantitative estimate of drug-likeness (QED) is 0.349. The van der Waals surface area contributed by atoms with Crippen LogP contribution in [-0.2, 0) is 9.31 Å². The molecule has 2 heterocycles. The summed E-state index contributed by atoms with van der Waals surface area (Å²) < 4.78 is 18.6. The lowest BCUT2D eigenvalue weighted by atomic mass is 9.86. The van der Waals surface area contributed by atoms with Gasteiger partial charge in [0.2, 0.25) is 0 Å². The average molecular weight is 425 g/mol. The van der Waals surface area contributed by atoms with Gasteiger partial charge >= 0.3 is 7.12 Å². The second kappa shape index (κ2) is 7.54. The van der Waals surface area contributed by atoms with E-state index in [2.05, 4.69) is 78.6 Å². The fourth-order valence-electron chi connectivity index (χ4n) is 4.05. The molecule has 1 aliphatic heterocycles. The Morgan fingerprint density at radius 1 is 0.688 bits per heavy atom. The van der Waals surface area contributed by atoms with Gasteiger partial charge in [-0.25, -0.2) is 0 Å². The highest BCUT2D eigenvalue weighted by atomic mass is 16.7. The molecule has 3 aromatic carbocycles. The number of para-hydroxylation sites is 1. The number of nitrogens with zero attached hydrogens (tertiary/aromatic N) is 1. The molecule has 1 saturated heterocycles. The topological polar surface area (TPSA) is 34.8 Å². The van der Waals surface area contributed by atoms with Crippen LogP contribution in [0.1, 0.15) is 33.3 Å². The van der Waals surface area contributed by atoms with Gasteiger partial charge in [0.05, 0.1) is 11.2 Å². The third kappa shape index (κ3) is 3.62. The van der Waals surface area contributed by atoms with Gasteiger partial charge in [0, 0.05) is 28.5 Å². The van der Waals surface area contributed by atoms with Crippen LogP contribution >= 0.6 is 0 Å². The monoisotopic (exact) mass is 425 g/mol. The van der Waals surface area contributed by atoms with E-state index in [0.29, 0.717) is 5.66 Å². The molecule has 0 aliphatic carbocycles. The van der Waals surface area contributed by atoms with E-state index >= 15 is 0 Å². The number of hydrogen-bond donors (Lipinski definition) is 0. The van der Waals surface area contributed by atoms with Gasteiger partial charge < -0.3 is 18.6 Å². The summed E-state index contributed by atoms with van der Waals surface area (Å²) in [6.45, 7) is 10.3. The molecule has 32 heavy (non-hydrogen) atoms. The summed E-state index contributed by atoms with van der Waals surface area (Å²) in [7, 11) is -0.516. The highest BCUT2D eigenvalue weighted by Crippen LogP contribution is 2.38. The molecule has 4 nitrogen and oxygen atoms in total. The zero-order chi connectivity index (χ0) is 22.5. The average Bonchev–Trinajstić information content (AvgIpc) is 3.26. The van der Waals surface area contributed by atoms with Crippen LogP contribution in [0.4, 0.5) is 17.1 Å². The van der Waals surface area contributed by atoms with E-state index in [1.54, 1.807) is 0 Å². The number of furan rings is 1. The Hall–Kier alpha value is -3.02. The maximum Gasteiger partial charge on any atom is 0.532 e. The minimum absolute atomic E-state index is 0.406. The van der Waals surface area contributed by atoms with E-state index in [4.69, 9.17) is 13.7 Å². The standard InChI is InChI=1S/C27H28BNO3/c1-19-10-9-13-22(16-19)29(21-11-7-6-8-12-21)23-15-14-20-17-25(30-24(20)18-23)28-31-26(2,3)27(4,5)32-28/h6-18H,1-5H3. The summed E-state index contributed by atoms with van der Waals surface area (Å²) in [6, 6.07) is 27.2. The zero-order valence-corrected chi connectivity index (χ0v) is 19.3. The van der Waals surface area contributed by atoms with Gasteiger partial charge in [0.15, 0.2) is 0 Å². The van der Waals surface area contributed by atoms with Gasteiger partial charge in [-0.3, -0.25) is 0 Å². The minimum Gasteiger partial charge on any atom is -0.465 e. The first-order chi connectivity index (χ1) is 15.2. The second-order valence-electron chi connectivity index (χ2n) is 9.47. The van der Waals surface area contributed by atoms with Crippen molar-refractivity contribution in [2.24, 2.45) is 0 Å². The maximum atomic E-state index is 6.25. The zero-order valence-electron chi connectivity index (χ0n) is 19.3. The summed E-state index contributed by atoms with van der Waals surface area (Å²) in [5.74, 6) is 0. The molecular formula is C27H28BNO3. The van der Waals surface area contributed by atoms with Gasteiger partial charge in [0.1, 0.15) is 11.2 Å². The van der Waals surface area contributed by atoms with Crippen molar-refractivity contribution in [2.45, 2.75) is 45.8 Å². The van der Waals surface area contributed by atoms with Crippen LogP contribution < -0.4 is 10.6 Å². The molecule has 0 amide bonds. The Morgan fingerprint density at radius 3 is 2.03 bits per heavy atom. The summed E-state index contributed by atoms with van der Waals surface area (Å²) in [4.78, 5) is 2.24. The molecule has 5 rings (SSSR count). The predicted molar refractivity (Wildman–Crippen MR) is 131 cm³/mol. The summed E-state index contributed by atoms with van der Waals surface area (Å²) in [6.07, 6.45) is 0. The molecule has 0 saturated carbocycles. The molecular weight excluding hydrogens is 397 g/mol. The third-order valence-corrected chi connectivity index (χ3v) is 6.54. The highest BCUT2D eigenvalue weighted by molar-refractivity contribution is 6.61. The number of benzene rings is 3. The lowest BCUT2D eigenvalue weighted by Crippen LogP contribution is -2.41. The minimum atomic E-state index is -0.516. The molecule has 5 heteroatoms. The second-order valence-corrected chi connectivity index (χ2v) is 9.47. The molecule has 0 spiro atoms. The van der Waals surface area contributed by atoms with Crippen molar-refractivity contribution >= 4 is 40.8 Å². The first-order valence-corrected chi connectivity index (χ1v) is 11.0. The smallest absolute Gasteiger partial charge is 0.465 e. The Balaban J connectivity index is 1.56. The molecule has 0 radical (unpaired) electrons. The van der Waals surface area contributed by atoms with Crippen molar-refractivity contribution in [3.63, 3.8) is 0 Å². The van der Waals surface area contributed by atoms with Crippen LogP contribution in [-0.4, -0.2) is 18.3 Å². The molecule has 1 fully saturated rings. The Kier molecular flexibility index (Phi) is 4.92. The molecule has 4 aromatic rings. The lowest BCUT2D eigenvalue weighted by molar-refractivity contribution is 0.00578. The Morgan fingerprint density at radius 2 is 1.34 bits per heavy atom. The van der Waals surface area contributed by atoms with Crippen LogP contribution in [0, 0.1) is 6.92 Å². The van der Waals surface area contributed by atoms with E-state index in [1.165, 1.54) is 5.56 Å². The van der Waals surface area contributed by atoms with E-state index in [0.717, 1.165) is 28.0 Å². The molecule has 0 bridgehead atoms. The normalized spacial score (nSPS) is 17.1. The largest absolute Gasteiger partial charge is 0.532 e. The highest BCUT2D eigenvalue weighted by Gasteiger charge is 2.53. The molecule has 1 aromatic heterocycles. The van der Waals surface area contributed by atoms with Crippen LogP contribution in [0.25, 0.3) is 11.0 Å². The van der Waals surface area contributed by atoms with Crippen LogP contribution in [0.2, 0.25) is 0 Å². The van der Waals surface area contributed by atoms with Crippen molar-refractivity contribution in [3.8, 4) is 0 Å². The van der Waals surface area contributed by atoms with Gasteiger partial charge in [0.25, 0.3) is 0 Å². The molecule has 0 N–H and O–H groups in total. The molecule has 1 aliphatic rings. The fourth-order valence-corrected chi connectivity index (χ4v) is 4.05. The summed E-state index contributed by atoms with van der Waals surface area (Å²) >= 11 is 0.